The quantitative estimate of drug-likeness (QED) is 0.631. The monoisotopic (exact) mass is 299 g/mol. The van der Waals surface area contributed by atoms with Gasteiger partial charge in [-0.15, -0.1) is 0 Å². The van der Waals surface area contributed by atoms with Gasteiger partial charge < -0.3 is 10.0 Å². The Morgan fingerprint density at radius 3 is 1.81 bits per heavy atom. The van der Waals surface area contributed by atoms with Crippen molar-refractivity contribution in [2.24, 2.45) is 17.8 Å². The van der Waals surface area contributed by atoms with Gasteiger partial charge in [0, 0.05) is 19.0 Å². The Labute approximate surface area is 129 Å². The number of hydrogen-bond acceptors (Lipinski definition) is 2. The van der Waals surface area contributed by atoms with Crippen LogP contribution in [-0.2, 0) is 9.59 Å². The minimum Gasteiger partial charge on any atom is -0.481 e. The molecule has 0 heterocycles. The molecule has 0 aliphatic carbocycles. The second kappa shape index (κ2) is 10.6. The topological polar surface area (TPSA) is 57.6 Å². The molecule has 124 valence electrons. The minimum atomic E-state index is -0.881. The van der Waals surface area contributed by atoms with E-state index in [1.807, 2.05) is 11.8 Å². The first-order chi connectivity index (χ1) is 9.85. The fourth-order valence-corrected chi connectivity index (χ4v) is 2.40. The Morgan fingerprint density at radius 1 is 1.00 bits per heavy atom. The first kappa shape index (κ1) is 19.9. The van der Waals surface area contributed by atoms with Gasteiger partial charge in [0.25, 0.3) is 0 Å². The summed E-state index contributed by atoms with van der Waals surface area (Å²) in [7, 11) is 0. The highest BCUT2D eigenvalue weighted by Gasteiger charge is 2.27. The van der Waals surface area contributed by atoms with E-state index in [-0.39, 0.29) is 18.2 Å². The third-order valence-electron chi connectivity index (χ3n) is 4.18. The zero-order chi connectivity index (χ0) is 16.4. The summed E-state index contributed by atoms with van der Waals surface area (Å²) in [6.45, 7) is 12.0. The lowest BCUT2D eigenvalue weighted by molar-refractivity contribution is -0.145. The van der Waals surface area contributed by atoms with Crippen LogP contribution in [0, 0.1) is 17.8 Å². The van der Waals surface area contributed by atoms with Crippen LogP contribution >= 0.6 is 0 Å². The fourth-order valence-electron chi connectivity index (χ4n) is 2.40. The number of aliphatic carboxylic acids is 1. The van der Waals surface area contributed by atoms with Crippen LogP contribution in [0.15, 0.2) is 0 Å². The van der Waals surface area contributed by atoms with Crippen molar-refractivity contribution in [3.05, 3.63) is 0 Å². The Morgan fingerprint density at radius 2 is 1.48 bits per heavy atom. The number of carboxylic acids is 1. The number of carbonyl (C=O) groups excluding carboxylic acids is 1. The minimum absolute atomic E-state index is 0.0276. The molecule has 0 aromatic rings. The average Bonchev–Trinajstić information content (AvgIpc) is 2.44. The highest BCUT2D eigenvalue weighted by molar-refractivity contribution is 5.83. The summed E-state index contributed by atoms with van der Waals surface area (Å²) >= 11 is 0. The summed E-state index contributed by atoms with van der Waals surface area (Å²) in [5, 5.41) is 9.03. The van der Waals surface area contributed by atoms with Crippen molar-refractivity contribution >= 4 is 11.9 Å². The molecule has 0 aromatic carbocycles. The number of rotatable bonds is 11. The lowest BCUT2D eigenvalue weighted by Gasteiger charge is -2.31. The van der Waals surface area contributed by atoms with Crippen molar-refractivity contribution in [3.63, 3.8) is 0 Å². The van der Waals surface area contributed by atoms with Crippen molar-refractivity contribution in [2.45, 2.75) is 66.7 Å². The van der Waals surface area contributed by atoms with Gasteiger partial charge in [0.05, 0.1) is 6.42 Å². The number of amides is 1. The van der Waals surface area contributed by atoms with Gasteiger partial charge in [-0.25, -0.2) is 0 Å². The molecule has 0 radical (unpaired) electrons. The Kier molecular flexibility index (Phi) is 10.1. The van der Waals surface area contributed by atoms with Gasteiger partial charge in [-0.3, -0.25) is 9.59 Å². The van der Waals surface area contributed by atoms with Crippen molar-refractivity contribution < 1.29 is 14.7 Å². The molecule has 4 heteroatoms. The maximum atomic E-state index is 12.7. The molecule has 0 aliphatic rings. The average molecular weight is 299 g/mol. The molecule has 0 fully saturated rings. The largest absolute Gasteiger partial charge is 0.481 e. The smallest absolute Gasteiger partial charge is 0.304 e. The van der Waals surface area contributed by atoms with Gasteiger partial charge in [-0.2, -0.15) is 0 Å². The van der Waals surface area contributed by atoms with Gasteiger partial charge in [-0.05, 0) is 18.3 Å². The van der Waals surface area contributed by atoms with E-state index in [2.05, 4.69) is 27.7 Å². The van der Waals surface area contributed by atoms with Crippen LogP contribution in [0.3, 0.4) is 0 Å². The summed E-state index contributed by atoms with van der Waals surface area (Å²) in [6, 6.07) is 0. The van der Waals surface area contributed by atoms with Crippen LogP contribution in [-0.4, -0.2) is 35.0 Å². The second-order valence-corrected chi connectivity index (χ2v) is 6.35. The van der Waals surface area contributed by atoms with E-state index in [1.54, 1.807) is 0 Å². The highest BCUT2D eigenvalue weighted by atomic mass is 16.4. The fraction of sp³-hybridized carbons (Fsp3) is 0.882. The van der Waals surface area contributed by atoms with E-state index in [1.165, 1.54) is 0 Å². The van der Waals surface area contributed by atoms with Crippen LogP contribution in [0.1, 0.15) is 66.7 Å². The molecule has 0 spiro atoms. The van der Waals surface area contributed by atoms with Crippen molar-refractivity contribution in [1.29, 1.82) is 0 Å². The van der Waals surface area contributed by atoms with E-state index in [0.717, 1.165) is 32.4 Å². The van der Waals surface area contributed by atoms with Gasteiger partial charge in [-0.1, -0.05) is 53.9 Å². The summed E-state index contributed by atoms with van der Waals surface area (Å²) in [5.41, 5.74) is 0. The van der Waals surface area contributed by atoms with Crippen molar-refractivity contribution in [2.75, 3.05) is 13.1 Å². The predicted molar refractivity (Wildman–Crippen MR) is 86.1 cm³/mol. The first-order valence-electron chi connectivity index (χ1n) is 8.36. The molecule has 3 atom stereocenters. The zero-order valence-electron chi connectivity index (χ0n) is 14.4. The van der Waals surface area contributed by atoms with Crippen LogP contribution in [0.5, 0.6) is 0 Å². The summed E-state index contributed by atoms with van der Waals surface area (Å²) in [5.74, 6) is -0.329. The molecule has 4 nitrogen and oxygen atoms in total. The molecule has 0 aromatic heterocycles. The van der Waals surface area contributed by atoms with E-state index in [9.17, 15) is 9.59 Å². The molecule has 1 N–H and O–H groups in total. The van der Waals surface area contributed by atoms with Crippen LogP contribution in [0.4, 0.5) is 0 Å². The van der Waals surface area contributed by atoms with Crippen molar-refractivity contribution in [3.8, 4) is 0 Å². The molecule has 0 rings (SSSR count). The van der Waals surface area contributed by atoms with E-state index in [0.29, 0.717) is 18.3 Å². The summed E-state index contributed by atoms with van der Waals surface area (Å²) < 4.78 is 0. The molecule has 0 saturated carbocycles. The zero-order valence-corrected chi connectivity index (χ0v) is 14.4. The van der Waals surface area contributed by atoms with Crippen LogP contribution < -0.4 is 0 Å². The number of carboxylic acid groups (broad SMARTS) is 1. The molecule has 0 bridgehead atoms. The molecule has 0 saturated heterocycles. The normalized spacial score (nSPS) is 15.3. The van der Waals surface area contributed by atoms with E-state index in [4.69, 9.17) is 5.11 Å². The standard InChI is InChI=1S/C17H33NO3/c1-6-9-15(10-16(19)20)17(21)18(11-13(4)7-2)12-14(5)8-3/h13-15H,6-12H2,1-5H3,(H,19,20). The maximum absolute atomic E-state index is 12.7. The summed E-state index contributed by atoms with van der Waals surface area (Å²) in [6.07, 6.45) is 3.50. The maximum Gasteiger partial charge on any atom is 0.304 e. The van der Waals surface area contributed by atoms with Gasteiger partial charge in [0.2, 0.25) is 5.91 Å². The lowest BCUT2D eigenvalue weighted by atomic mass is 9.96. The van der Waals surface area contributed by atoms with Gasteiger partial charge in [0.1, 0.15) is 0 Å². The SMILES string of the molecule is CCCC(CC(=O)O)C(=O)N(CC(C)CC)CC(C)CC. The molecule has 1 amide bonds. The first-order valence-corrected chi connectivity index (χ1v) is 8.36. The molecule has 3 unspecified atom stereocenters. The van der Waals surface area contributed by atoms with E-state index >= 15 is 0 Å². The van der Waals surface area contributed by atoms with Crippen molar-refractivity contribution in [1.82, 2.24) is 4.90 Å². The molecular weight excluding hydrogens is 266 g/mol. The highest BCUT2D eigenvalue weighted by Crippen LogP contribution is 2.19. The third kappa shape index (κ3) is 8.08. The molecule has 21 heavy (non-hydrogen) atoms. The molecule has 0 aliphatic heterocycles. The number of carbonyl (C=O) groups is 2. The van der Waals surface area contributed by atoms with Gasteiger partial charge in [0.15, 0.2) is 0 Å². The number of hydrogen-bond donors (Lipinski definition) is 1. The second-order valence-electron chi connectivity index (χ2n) is 6.35. The van der Waals surface area contributed by atoms with E-state index < -0.39 is 5.97 Å². The summed E-state index contributed by atoms with van der Waals surface area (Å²) in [4.78, 5) is 25.6. The Bertz CT molecular complexity index is 305. The predicted octanol–water partition coefficient (Wildman–Crippen LogP) is 3.80. The molecular formula is C17H33NO3. The van der Waals surface area contributed by atoms with Crippen LogP contribution in [0.25, 0.3) is 0 Å². The van der Waals surface area contributed by atoms with Crippen LogP contribution in [0.2, 0.25) is 0 Å². The number of nitrogens with zero attached hydrogens (tertiary/aromatic N) is 1. The third-order valence-corrected chi connectivity index (χ3v) is 4.18. The lowest BCUT2D eigenvalue weighted by Crippen LogP contribution is -2.42. The van der Waals surface area contributed by atoms with Gasteiger partial charge >= 0.3 is 5.97 Å². The Balaban J connectivity index is 4.96. The Hall–Kier alpha value is -1.06.